The first-order valence-corrected chi connectivity index (χ1v) is 16.0. The summed E-state index contributed by atoms with van der Waals surface area (Å²) in [4.78, 5) is 24.9. The lowest BCUT2D eigenvalue weighted by Gasteiger charge is -2.08. The second-order valence-corrected chi connectivity index (χ2v) is 11.1. The summed E-state index contributed by atoms with van der Waals surface area (Å²) in [6, 6.07) is 13.5. The summed E-state index contributed by atoms with van der Waals surface area (Å²) in [5.41, 5.74) is 0.442. The van der Waals surface area contributed by atoms with Crippen LogP contribution in [0.15, 0.2) is 48.5 Å². The van der Waals surface area contributed by atoms with Crippen LogP contribution >= 0.6 is 0 Å². The summed E-state index contributed by atoms with van der Waals surface area (Å²) in [5.74, 6) is 0.707. The fourth-order valence-corrected chi connectivity index (χ4v) is 4.90. The molecular weight excluding hydrogens is 516 g/mol. The Morgan fingerprint density at radius 2 is 1.10 bits per heavy atom. The van der Waals surface area contributed by atoms with Crippen LogP contribution in [0.4, 0.5) is 0 Å². The number of unbranched alkanes of at least 4 members (excludes halogenated alkanes) is 13. The maximum absolute atomic E-state index is 12.6. The largest absolute Gasteiger partial charge is 0.494 e. The minimum atomic E-state index is -0.472. The fraction of sp³-hybridized carbons (Fsp3) is 0.600. The van der Waals surface area contributed by atoms with Crippen LogP contribution in [-0.4, -0.2) is 30.8 Å². The average Bonchev–Trinajstić information content (AvgIpc) is 3.77. The molecule has 0 spiro atoms. The molecule has 2 atom stereocenters. The fourth-order valence-electron chi connectivity index (χ4n) is 4.90. The smallest absolute Gasteiger partial charge is 0.343 e. The quantitative estimate of drug-likeness (QED) is 0.0612. The predicted molar refractivity (Wildman–Crippen MR) is 163 cm³/mol. The van der Waals surface area contributed by atoms with E-state index in [0.29, 0.717) is 23.7 Å². The Hall–Kier alpha value is -2.86. The molecular formula is C35H50O6. The SMILES string of the molecule is CCCCCCCCCCOc1ccc(C(=O)Oc2ccc(OC(=O)[C@@H]3O[C@H]3CCCCCCCCC)cc2)cc1. The van der Waals surface area contributed by atoms with Crippen LogP contribution in [0.3, 0.4) is 0 Å². The Balaban J connectivity index is 1.28. The molecule has 1 aliphatic heterocycles. The molecule has 226 valence electrons. The van der Waals surface area contributed by atoms with Gasteiger partial charge in [0.05, 0.1) is 18.3 Å². The van der Waals surface area contributed by atoms with Crippen molar-refractivity contribution in [3.05, 3.63) is 54.1 Å². The zero-order valence-electron chi connectivity index (χ0n) is 25.2. The molecule has 0 unspecified atom stereocenters. The number of carbonyl (C=O) groups excluding carboxylic acids is 2. The number of esters is 2. The van der Waals surface area contributed by atoms with E-state index < -0.39 is 12.1 Å². The van der Waals surface area contributed by atoms with Crippen molar-refractivity contribution in [2.24, 2.45) is 0 Å². The first-order chi connectivity index (χ1) is 20.1. The lowest BCUT2D eigenvalue weighted by atomic mass is 10.1. The zero-order chi connectivity index (χ0) is 29.1. The van der Waals surface area contributed by atoms with E-state index >= 15 is 0 Å². The minimum absolute atomic E-state index is 0.0275. The summed E-state index contributed by atoms with van der Waals surface area (Å²) in [6.07, 6.45) is 19.2. The predicted octanol–water partition coefficient (Wildman–Crippen LogP) is 9.24. The highest BCUT2D eigenvalue weighted by Crippen LogP contribution is 2.30. The lowest BCUT2D eigenvalue weighted by Crippen LogP contribution is -2.17. The van der Waals surface area contributed by atoms with Crippen LogP contribution in [-0.2, 0) is 9.53 Å². The molecule has 0 N–H and O–H groups in total. The third-order valence-electron chi connectivity index (χ3n) is 7.52. The number of hydrogen-bond acceptors (Lipinski definition) is 6. The molecule has 0 aliphatic carbocycles. The third kappa shape index (κ3) is 13.1. The third-order valence-corrected chi connectivity index (χ3v) is 7.52. The van der Waals surface area contributed by atoms with Gasteiger partial charge in [-0.15, -0.1) is 0 Å². The van der Waals surface area contributed by atoms with Crippen molar-refractivity contribution < 1.29 is 28.5 Å². The minimum Gasteiger partial charge on any atom is -0.494 e. The highest BCUT2D eigenvalue weighted by atomic mass is 16.6. The van der Waals surface area contributed by atoms with E-state index in [1.165, 1.54) is 83.5 Å². The van der Waals surface area contributed by atoms with Gasteiger partial charge in [-0.05, 0) is 61.4 Å². The van der Waals surface area contributed by atoms with E-state index in [9.17, 15) is 9.59 Å². The van der Waals surface area contributed by atoms with Crippen molar-refractivity contribution in [1.82, 2.24) is 0 Å². The Morgan fingerprint density at radius 3 is 1.68 bits per heavy atom. The van der Waals surface area contributed by atoms with Crippen molar-refractivity contribution in [2.45, 2.75) is 129 Å². The molecule has 1 heterocycles. The number of hydrogen-bond donors (Lipinski definition) is 0. The molecule has 0 radical (unpaired) electrons. The Morgan fingerprint density at radius 1 is 0.610 bits per heavy atom. The molecule has 0 bridgehead atoms. The number of epoxide rings is 1. The van der Waals surface area contributed by atoms with Gasteiger partial charge in [-0.2, -0.15) is 0 Å². The van der Waals surface area contributed by atoms with Crippen molar-refractivity contribution in [3.8, 4) is 17.2 Å². The van der Waals surface area contributed by atoms with E-state index in [0.717, 1.165) is 25.0 Å². The summed E-state index contributed by atoms with van der Waals surface area (Å²) in [7, 11) is 0. The maximum atomic E-state index is 12.6. The van der Waals surface area contributed by atoms with E-state index in [4.69, 9.17) is 18.9 Å². The van der Waals surface area contributed by atoms with Gasteiger partial charge < -0.3 is 18.9 Å². The molecule has 2 aromatic carbocycles. The molecule has 6 nitrogen and oxygen atoms in total. The van der Waals surface area contributed by atoms with Crippen molar-refractivity contribution in [3.63, 3.8) is 0 Å². The van der Waals surface area contributed by atoms with Crippen LogP contribution in [0, 0.1) is 0 Å². The maximum Gasteiger partial charge on any atom is 0.343 e. The topological polar surface area (TPSA) is 74.4 Å². The van der Waals surface area contributed by atoms with Gasteiger partial charge in [0.2, 0.25) is 0 Å². The summed E-state index contributed by atoms with van der Waals surface area (Å²) in [6.45, 7) is 5.15. The number of carbonyl (C=O) groups is 2. The van der Waals surface area contributed by atoms with Crippen LogP contribution < -0.4 is 14.2 Å². The van der Waals surface area contributed by atoms with E-state index in [1.54, 1.807) is 48.5 Å². The van der Waals surface area contributed by atoms with Gasteiger partial charge in [-0.25, -0.2) is 9.59 Å². The summed E-state index contributed by atoms with van der Waals surface area (Å²) in [5, 5.41) is 0. The lowest BCUT2D eigenvalue weighted by molar-refractivity contribution is -0.135. The molecule has 41 heavy (non-hydrogen) atoms. The average molecular weight is 567 g/mol. The highest BCUT2D eigenvalue weighted by molar-refractivity contribution is 5.91. The van der Waals surface area contributed by atoms with Crippen molar-refractivity contribution >= 4 is 11.9 Å². The first-order valence-electron chi connectivity index (χ1n) is 16.0. The van der Waals surface area contributed by atoms with Gasteiger partial charge in [0.25, 0.3) is 0 Å². The monoisotopic (exact) mass is 566 g/mol. The van der Waals surface area contributed by atoms with Gasteiger partial charge in [0, 0.05) is 0 Å². The van der Waals surface area contributed by atoms with Gasteiger partial charge in [-0.1, -0.05) is 104 Å². The van der Waals surface area contributed by atoms with E-state index in [1.807, 2.05) is 0 Å². The van der Waals surface area contributed by atoms with Crippen LogP contribution in [0.25, 0.3) is 0 Å². The van der Waals surface area contributed by atoms with Gasteiger partial charge in [0.1, 0.15) is 17.2 Å². The molecule has 1 saturated heterocycles. The second kappa shape index (κ2) is 19.3. The van der Waals surface area contributed by atoms with Crippen LogP contribution in [0.1, 0.15) is 127 Å². The highest BCUT2D eigenvalue weighted by Gasteiger charge is 2.45. The van der Waals surface area contributed by atoms with Crippen molar-refractivity contribution in [2.75, 3.05) is 6.61 Å². The Bertz CT molecular complexity index is 1000. The van der Waals surface area contributed by atoms with Crippen LogP contribution in [0.2, 0.25) is 0 Å². The molecule has 0 amide bonds. The molecule has 0 aromatic heterocycles. The molecule has 3 rings (SSSR count). The standard InChI is InChI=1S/C35H50O6/c1-3-5-7-9-11-13-15-17-27-38-29-21-19-28(20-22-29)34(36)39-30-23-25-31(26-24-30)40-35(37)33-32(41-33)18-16-14-12-10-8-6-4-2/h19-26,32-33H,3-18,27H2,1-2H3/t32-,33+/m0/s1. The summed E-state index contributed by atoms with van der Waals surface area (Å²) < 4.78 is 22.3. The second-order valence-electron chi connectivity index (χ2n) is 11.1. The Kier molecular flexibility index (Phi) is 15.4. The van der Waals surface area contributed by atoms with Gasteiger partial charge in [0.15, 0.2) is 6.10 Å². The molecule has 1 fully saturated rings. The molecule has 0 saturated carbocycles. The van der Waals surface area contributed by atoms with Gasteiger partial charge in [-0.3, -0.25) is 0 Å². The van der Waals surface area contributed by atoms with E-state index in [-0.39, 0.29) is 12.1 Å². The molecule has 1 aliphatic rings. The first kappa shape index (κ1) is 32.7. The number of rotatable bonds is 22. The normalized spacial score (nSPS) is 15.9. The van der Waals surface area contributed by atoms with Gasteiger partial charge >= 0.3 is 11.9 Å². The molecule has 2 aromatic rings. The Labute approximate surface area is 247 Å². The van der Waals surface area contributed by atoms with Crippen molar-refractivity contribution in [1.29, 1.82) is 0 Å². The van der Waals surface area contributed by atoms with Crippen LogP contribution in [0.5, 0.6) is 17.2 Å². The van der Waals surface area contributed by atoms with E-state index in [2.05, 4.69) is 13.8 Å². The zero-order valence-corrected chi connectivity index (χ0v) is 25.2. The number of benzene rings is 2. The summed E-state index contributed by atoms with van der Waals surface area (Å²) >= 11 is 0. The molecule has 6 heteroatoms. The number of ether oxygens (including phenoxy) is 4.